The van der Waals surface area contributed by atoms with Crippen LogP contribution < -0.4 is 9.47 Å². The first kappa shape index (κ1) is 20.4. The molecule has 0 heterocycles. The molecule has 3 rings (SSSR count). The fourth-order valence-electron chi connectivity index (χ4n) is 2.62. The summed E-state index contributed by atoms with van der Waals surface area (Å²) in [7, 11) is 1.63. The van der Waals surface area contributed by atoms with Crippen molar-refractivity contribution in [3.05, 3.63) is 98.4 Å². The molecule has 0 spiro atoms. The molecule has 3 nitrogen and oxygen atoms in total. The second kappa shape index (κ2) is 9.71. The minimum absolute atomic E-state index is 0.0511. The largest absolute Gasteiger partial charge is 0.496 e. The Balaban J connectivity index is 1.74. The number of halogens is 2. The highest BCUT2D eigenvalue weighted by Gasteiger charge is 2.06. The lowest BCUT2D eigenvalue weighted by atomic mass is 10.1. The molecule has 0 bridgehead atoms. The van der Waals surface area contributed by atoms with E-state index in [9.17, 15) is 4.79 Å². The van der Waals surface area contributed by atoms with E-state index in [-0.39, 0.29) is 5.78 Å². The Labute approximate surface area is 181 Å². The minimum Gasteiger partial charge on any atom is -0.496 e. The molecule has 3 aromatic carbocycles. The maximum Gasteiger partial charge on any atom is 0.185 e. The van der Waals surface area contributed by atoms with Crippen LogP contribution in [0.1, 0.15) is 21.5 Å². The summed E-state index contributed by atoms with van der Waals surface area (Å²) < 4.78 is 13.2. The standard InChI is InChI=1S/C23H18Br2O3/c1-27-23-12-6-16(5-11-22(26)17-3-2-4-20(25)14-17)13-18(23)15-28-21-9-7-19(24)8-10-21/h2-14H,15H2,1H3/b11-5+. The van der Waals surface area contributed by atoms with Crippen molar-refractivity contribution in [1.82, 2.24) is 0 Å². The van der Waals surface area contributed by atoms with E-state index in [2.05, 4.69) is 31.9 Å². The van der Waals surface area contributed by atoms with Gasteiger partial charge >= 0.3 is 0 Å². The number of ether oxygens (including phenoxy) is 2. The first-order chi connectivity index (χ1) is 13.5. The Morgan fingerprint density at radius 2 is 1.75 bits per heavy atom. The molecule has 0 N–H and O–H groups in total. The average molecular weight is 502 g/mol. The van der Waals surface area contributed by atoms with Crippen molar-refractivity contribution in [1.29, 1.82) is 0 Å². The first-order valence-electron chi connectivity index (χ1n) is 8.58. The monoisotopic (exact) mass is 500 g/mol. The third-order valence-electron chi connectivity index (χ3n) is 4.05. The molecule has 0 aliphatic heterocycles. The van der Waals surface area contributed by atoms with E-state index >= 15 is 0 Å². The van der Waals surface area contributed by atoms with Gasteiger partial charge in [0.1, 0.15) is 18.1 Å². The van der Waals surface area contributed by atoms with Gasteiger partial charge in [-0.05, 0) is 60.2 Å². The number of methoxy groups -OCH3 is 1. The average Bonchev–Trinajstić information content (AvgIpc) is 2.71. The summed E-state index contributed by atoms with van der Waals surface area (Å²) in [6.45, 7) is 0.367. The fraction of sp³-hybridized carbons (Fsp3) is 0.0870. The molecular weight excluding hydrogens is 484 g/mol. The van der Waals surface area contributed by atoms with Gasteiger partial charge in [0, 0.05) is 20.1 Å². The summed E-state index contributed by atoms with van der Waals surface area (Å²) in [6.07, 6.45) is 3.37. The summed E-state index contributed by atoms with van der Waals surface area (Å²) in [5, 5.41) is 0. The van der Waals surface area contributed by atoms with Crippen LogP contribution in [0.3, 0.4) is 0 Å². The maximum absolute atomic E-state index is 12.4. The van der Waals surface area contributed by atoms with E-state index in [0.29, 0.717) is 12.2 Å². The van der Waals surface area contributed by atoms with Gasteiger partial charge in [-0.2, -0.15) is 0 Å². The lowest BCUT2D eigenvalue weighted by Crippen LogP contribution is -1.99. The Hall–Kier alpha value is -2.37. The van der Waals surface area contributed by atoms with Crippen LogP contribution in [0.5, 0.6) is 11.5 Å². The molecule has 0 saturated carbocycles. The quantitative estimate of drug-likeness (QED) is 0.267. The molecule has 0 unspecified atom stereocenters. The van der Waals surface area contributed by atoms with E-state index in [0.717, 1.165) is 31.6 Å². The maximum atomic E-state index is 12.4. The Bertz CT molecular complexity index is 995. The number of ketones is 1. The SMILES string of the molecule is COc1ccc(/C=C/C(=O)c2cccc(Br)c2)cc1COc1ccc(Br)cc1. The zero-order chi connectivity index (χ0) is 19.9. The van der Waals surface area contributed by atoms with Crippen LogP contribution in [0.15, 0.2) is 81.8 Å². The summed E-state index contributed by atoms with van der Waals surface area (Å²) in [6, 6.07) is 20.7. The number of hydrogen-bond donors (Lipinski definition) is 0. The molecule has 5 heteroatoms. The molecule has 0 radical (unpaired) electrons. The highest BCUT2D eigenvalue weighted by molar-refractivity contribution is 9.10. The van der Waals surface area contributed by atoms with Crippen molar-refractivity contribution >= 4 is 43.7 Å². The summed E-state index contributed by atoms with van der Waals surface area (Å²) >= 11 is 6.80. The molecule has 0 atom stereocenters. The molecule has 0 fully saturated rings. The molecule has 0 saturated heterocycles. The fourth-order valence-corrected chi connectivity index (χ4v) is 3.28. The van der Waals surface area contributed by atoms with Gasteiger partial charge in [-0.3, -0.25) is 4.79 Å². The zero-order valence-corrected chi connectivity index (χ0v) is 18.4. The lowest BCUT2D eigenvalue weighted by Gasteiger charge is -2.11. The van der Waals surface area contributed by atoms with E-state index in [1.807, 2.05) is 54.6 Å². The molecule has 0 aliphatic rings. The van der Waals surface area contributed by atoms with Crippen molar-refractivity contribution in [3.8, 4) is 11.5 Å². The Morgan fingerprint density at radius 3 is 2.46 bits per heavy atom. The number of carbonyl (C=O) groups excluding carboxylic acids is 1. The van der Waals surface area contributed by atoms with E-state index in [4.69, 9.17) is 9.47 Å². The molecule has 3 aromatic rings. The van der Waals surface area contributed by atoms with E-state index in [1.54, 1.807) is 31.4 Å². The van der Waals surface area contributed by atoms with Crippen molar-refractivity contribution in [2.45, 2.75) is 6.61 Å². The van der Waals surface area contributed by atoms with Crippen molar-refractivity contribution < 1.29 is 14.3 Å². The predicted octanol–water partition coefficient (Wildman–Crippen LogP) is 6.70. The molecule has 28 heavy (non-hydrogen) atoms. The minimum atomic E-state index is -0.0511. The van der Waals surface area contributed by atoms with Crippen LogP contribution in [-0.2, 0) is 6.61 Å². The van der Waals surface area contributed by atoms with Gasteiger partial charge in [-0.15, -0.1) is 0 Å². The molecule has 142 valence electrons. The van der Waals surface area contributed by atoms with E-state index in [1.165, 1.54) is 0 Å². The third kappa shape index (κ3) is 5.57. The van der Waals surface area contributed by atoms with Gasteiger partial charge < -0.3 is 9.47 Å². The normalized spacial score (nSPS) is 10.8. The van der Waals surface area contributed by atoms with Crippen LogP contribution in [0.2, 0.25) is 0 Å². The van der Waals surface area contributed by atoms with Crippen LogP contribution >= 0.6 is 31.9 Å². The number of rotatable bonds is 7. The summed E-state index contributed by atoms with van der Waals surface area (Å²) in [5.41, 5.74) is 2.44. The second-order valence-corrected chi connectivity index (χ2v) is 7.85. The van der Waals surface area contributed by atoms with Crippen molar-refractivity contribution in [2.75, 3.05) is 7.11 Å². The molecule has 0 aliphatic carbocycles. The number of allylic oxidation sites excluding steroid dienone is 1. The van der Waals surface area contributed by atoms with Crippen LogP contribution in [0, 0.1) is 0 Å². The van der Waals surface area contributed by atoms with Crippen molar-refractivity contribution in [2.24, 2.45) is 0 Å². The van der Waals surface area contributed by atoms with Crippen LogP contribution in [0.4, 0.5) is 0 Å². The van der Waals surface area contributed by atoms with Gasteiger partial charge in [0.25, 0.3) is 0 Å². The molecular formula is C23H18Br2O3. The van der Waals surface area contributed by atoms with Crippen LogP contribution in [0.25, 0.3) is 6.08 Å². The van der Waals surface area contributed by atoms with Gasteiger partial charge in [0.05, 0.1) is 7.11 Å². The van der Waals surface area contributed by atoms with Gasteiger partial charge in [-0.25, -0.2) is 0 Å². The number of carbonyl (C=O) groups is 1. The summed E-state index contributed by atoms with van der Waals surface area (Å²) in [5.74, 6) is 1.47. The smallest absolute Gasteiger partial charge is 0.185 e. The Morgan fingerprint density at radius 1 is 0.964 bits per heavy atom. The van der Waals surface area contributed by atoms with Crippen LogP contribution in [-0.4, -0.2) is 12.9 Å². The zero-order valence-electron chi connectivity index (χ0n) is 15.2. The number of hydrogen-bond acceptors (Lipinski definition) is 3. The topological polar surface area (TPSA) is 35.5 Å². The molecule has 0 aromatic heterocycles. The van der Waals surface area contributed by atoms with Crippen molar-refractivity contribution in [3.63, 3.8) is 0 Å². The number of benzene rings is 3. The highest BCUT2D eigenvalue weighted by atomic mass is 79.9. The summed E-state index contributed by atoms with van der Waals surface area (Å²) in [4.78, 5) is 12.4. The van der Waals surface area contributed by atoms with Gasteiger partial charge in [-0.1, -0.05) is 56.1 Å². The third-order valence-corrected chi connectivity index (χ3v) is 5.07. The molecule has 0 amide bonds. The first-order valence-corrected chi connectivity index (χ1v) is 10.2. The van der Waals surface area contributed by atoms with Gasteiger partial charge in [0.2, 0.25) is 0 Å². The Kier molecular flexibility index (Phi) is 7.06. The van der Waals surface area contributed by atoms with E-state index < -0.39 is 0 Å². The second-order valence-electron chi connectivity index (χ2n) is 6.02. The predicted molar refractivity (Wildman–Crippen MR) is 119 cm³/mol. The van der Waals surface area contributed by atoms with Gasteiger partial charge in [0.15, 0.2) is 5.78 Å². The highest BCUT2D eigenvalue weighted by Crippen LogP contribution is 2.24. The lowest BCUT2D eigenvalue weighted by molar-refractivity contribution is 0.104.